The van der Waals surface area contributed by atoms with E-state index in [2.05, 4.69) is 16.1 Å². The molecule has 0 radical (unpaired) electrons. The Morgan fingerprint density at radius 3 is 1.57 bits per heavy atom. The number of carbonyl (C=O) groups excluding carboxylic acids is 2. The van der Waals surface area contributed by atoms with Gasteiger partial charge in [0.1, 0.15) is 0 Å². The molecule has 37 heavy (non-hydrogen) atoms. The smallest absolute Gasteiger partial charge is 0.403 e. The van der Waals surface area contributed by atoms with Gasteiger partial charge in [-0.1, -0.05) is 61.2 Å². The van der Waals surface area contributed by atoms with Crippen LogP contribution in [0.2, 0.25) is 0 Å². The molecule has 0 aliphatic rings. The topological polar surface area (TPSA) is 96.0 Å². The number of hydrogen-bond acceptors (Lipinski definition) is 7. The summed E-state index contributed by atoms with van der Waals surface area (Å²) in [5.74, 6) is -2.29. The van der Waals surface area contributed by atoms with Crippen LogP contribution in [0.15, 0.2) is 118 Å². The number of esters is 2. The van der Waals surface area contributed by atoms with E-state index < -0.39 is 50.8 Å². The highest BCUT2D eigenvalue weighted by Crippen LogP contribution is 2.70. The standard InChI is InChI=1S/C26H24F2O7S2/c1-20(2)25(30)33-18-24(29)34-19-26(27,28)37(31,32)35-36(21-12-6-3-7-13-21,22-14-8-4-9-15-22)23-16-10-5-11-17-23/h3-17H,1,18-19H2,2H3. The Morgan fingerprint density at radius 2 is 1.19 bits per heavy atom. The number of benzene rings is 3. The first kappa shape index (κ1) is 28.0. The summed E-state index contributed by atoms with van der Waals surface area (Å²) in [5, 5.41) is -4.63. The van der Waals surface area contributed by atoms with Gasteiger partial charge in [-0.25, -0.2) is 13.2 Å². The van der Waals surface area contributed by atoms with Gasteiger partial charge < -0.3 is 9.47 Å². The van der Waals surface area contributed by atoms with Crippen LogP contribution in [0.1, 0.15) is 6.92 Å². The third kappa shape index (κ3) is 6.43. The van der Waals surface area contributed by atoms with Crippen LogP contribution in [-0.4, -0.2) is 38.8 Å². The van der Waals surface area contributed by atoms with Gasteiger partial charge in [0.05, 0.1) is 0 Å². The summed E-state index contributed by atoms with van der Waals surface area (Å²) >= 11 is 0. The second-order valence-corrected chi connectivity index (χ2v) is 12.2. The maximum absolute atomic E-state index is 15.1. The van der Waals surface area contributed by atoms with Gasteiger partial charge in [-0.05, 0) is 53.6 Å². The Bertz CT molecular complexity index is 1250. The van der Waals surface area contributed by atoms with Crippen molar-refractivity contribution in [2.24, 2.45) is 0 Å². The highest BCUT2D eigenvalue weighted by Gasteiger charge is 2.52. The Hall–Kier alpha value is -3.54. The van der Waals surface area contributed by atoms with Crippen LogP contribution in [0.4, 0.5) is 8.78 Å². The highest BCUT2D eigenvalue weighted by atomic mass is 32.3. The number of halogens is 2. The first-order chi connectivity index (χ1) is 17.5. The molecule has 0 N–H and O–H groups in total. The van der Waals surface area contributed by atoms with Gasteiger partial charge in [0.15, 0.2) is 13.2 Å². The van der Waals surface area contributed by atoms with Gasteiger partial charge in [-0.3, -0.25) is 0 Å². The minimum atomic E-state index is -5.70. The summed E-state index contributed by atoms with van der Waals surface area (Å²) in [6.45, 7) is 1.81. The minimum Gasteiger partial charge on any atom is -0.455 e. The van der Waals surface area contributed by atoms with Gasteiger partial charge in [0, 0.05) is 20.3 Å². The average molecular weight is 551 g/mol. The van der Waals surface area contributed by atoms with Gasteiger partial charge in [0.2, 0.25) is 0 Å². The molecule has 0 heterocycles. The van der Waals surface area contributed by atoms with Crippen molar-refractivity contribution in [3.05, 3.63) is 103 Å². The summed E-state index contributed by atoms with van der Waals surface area (Å²) in [6, 6.07) is 24.5. The van der Waals surface area contributed by atoms with Crippen molar-refractivity contribution >= 4 is 32.4 Å². The van der Waals surface area contributed by atoms with E-state index in [0.29, 0.717) is 14.7 Å². The number of ether oxygens (including phenoxy) is 2. The summed E-state index contributed by atoms with van der Waals surface area (Å²) in [7, 11) is -8.93. The molecule has 0 spiro atoms. The molecule has 0 fully saturated rings. The number of alkyl halides is 2. The Morgan fingerprint density at radius 1 is 0.784 bits per heavy atom. The monoisotopic (exact) mass is 550 g/mol. The Kier molecular flexibility index (Phi) is 8.85. The fourth-order valence-corrected chi connectivity index (χ4v) is 8.13. The lowest BCUT2D eigenvalue weighted by atomic mass is 10.4. The van der Waals surface area contributed by atoms with E-state index in [0.717, 1.165) is 0 Å². The zero-order chi connectivity index (χ0) is 27.1. The van der Waals surface area contributed by atoms with Gasteiger partial charge in [-0.15, -0.1) is 0 Å². The van der Waals surface area contributed by atoms with Crippen LogP contribution in [0.25, 0.3) is 0 Å². The highest BCUT2D eigenvalue weighted by molar-refractivity contribution is 8.33. The molecule has 11 heteroatoms. The summed E-state index contributed by atoms with van der Waals surface area (Å²) in [5.41, 5.74) is -0.0174. The van der Waals surface area contributed by atoms with Crippen molar-refractivity contribution in [3.63, 3.8) is 0 Å². The molecule has 196 valence electrons. The predicted octanol–water partition coefficient (Wildman–Crippen LogP) is 5.49. The molecule has 0 saturated carbocycles. The van der Waals surface area contributed by atoms with Crippen molar-refractivity contribution < 1.29 is 39.9 Å². The molecule has 3 aromatic rings. The lowest BCUT2D eigenvalue weighted by molar-refractivity contribution is -0.160. The van der Waals surface area contributed by atoms with Crippen molar-refractivity contribution in [1.29, 1.82) is 0 Å². The number of hydrogen-bond donors (Lipinski definition) is 0. The summed E-state index contributed by atoms with van der Waals surface area (Å²) in [6.07, 6.45) is 0. The second-order valence-electron chi connectivity index (χ2n) is 7.67. The van der Waals surface area contributed by atoms with Crippen LogP contribution >= 0.6 is 10.3 Å². The molecular formula is C26H24F2O7S2. The van der Waals surface area contributed by atoms with Gasteiger partial charge in [0.25, 0.3) is 0 Å². The van der Waals surface area contributed by atoms with E-state index in [9.17, 15) is 18.0 Å². The first-order valence-electron chi connectivity index (χ1n) is 10.8. The third-order valence-corrected chi connectivity index (χ3v) is 10.0. The van der Waals surface area contributed by atoms with E-state index in [1.165, 1.54) is 6.92 Å². The molecule has 0 amide bonds. The SMILES string of the molecule is C=C(C)C(=O)OCC(=O)OCC(F)(F)S(=O)(=O)OS(c1ccccc1)(c1ccccc1)c1ccccc1. The zero-order valence-electron chi connectivity index (χ0n) is 19.7. The molecule has 0 unspecified atom stereocenters. The van der Waals surface area contributed by atoms with E-state index in [1.807, 2.05) is 0 Å². The van der Waals surface area contributed by atoms with Crippen molar-refractivity contribution in [1.82, 2.24) is 0 Å². The molecule has 0 aromatic heterocycles. The molecule has 0 aliphatic heterocycles. The van der Waals surface area contributed by atoms with Gasteiger partial charge >= 0.3 is 27.3 Å². The Balaban J connectivity index is 1.99. The van der Waals surface area contributed by atoms with Crippen LogP contribution in [0, 0.1) is 0 Å². The quantitative estimate of drug-likeness (QED) is 0.230. The van der Waals surface area contributed by atoms with Crippen LogP contribution in [0.5, 0.6) is 0 Å². The molecule has 3 rings (SSSR count). The normalized spacial score (nSPS) is 12.4. The van der Waals surface area contributed by atoms with Crippen molar-refractivity contribution in [2.75, 3.05) is 13.2 Å². The largest absolute Gasteiger partial charge is 0.455 e. The number of carbonyl (C=O) groups is 2. The molecule has 0 atom stereocenters. The van der Waals surface area contributed by atoms with Crippen molar-refractivity contribution in [2.45, 2.75) is 26.9 Å². The lowest BCUT2D eigenvalue weighted by Crippen LogP contribution is -2.37. The van der Waals surface area contributed by atoms with E-state index in [4.69, 9.17) is 3.63 Å². The maximum atomic E-state index is 15.1. The molecular weight excluding hydrogens is 526 g/mol. The Labute approximate surface area is 215 Å². The molecule has 0 aliphatic carbocycles. The molecule has 0 saturated heterocycles. The van der Waals surface area contributed by atoms with Crippen LogP contribution in [0.3, 0.4) is 0 Å². The summed E-state index contributed by atoms with van der Waals surface area (Å²) < 4.78 is 70.8. The van der Waals surface area contributed by atoms with Crippen LogP contribution < -0.4 is 0 Å². The predicted molar refractivity (Wildman–Crippen MR) is 133 cm³/mol. The summed E-state index contributed by atoms with van der Waals surface area (Å²) in [4.78, 5) is 24.2. The molecule has 3 aromatic carbocycles. The maximum Gasteiger partial charge on any atom is 0.403 e. The third-order valence-electron chi connectivity index (χ3n) is 4.85. The molecule has 7 nitrogen and oxygen atoms in total. The average Bonchev–Trinajstić information content (AvgIpc) is 2.90. The molecule has 0 bridgehead atoms. The first-order valence-corrected chi connectivity index (χ1v) is 13.8. The second kappa shape index (κ2) is 11.7. The fraction of sp³-hybridized carbons (Fsp3) is 0.154. The zero-order valence-corrected chi connectivity index (χ0v) is 21.3. The van der Waals surface area contributed by atoms with E-state index in [-0.39, 0.29) is 5.57 Å². The van der Waals surface area contributed by atoms with E-state index in [1.54, 1.807) is 91.0 Å². The van der Waals surface area contributed by atoms with E-state index >= 15 is 8.78 Å². The minimum absolute atomic E-state index is 0.0174. The lowest BCUT2D eigenvalue weighted by Gasteiger charge is -2.40. The number of rotatable bonds is 11. The van der Waals surface area contributed by atoms with Crippen LogP contribution in [-0.2, 0) is 32.8 Å². The van der Waals surface area contributed by atoms with Crippen molar-refractivity contribution in [3.8, 4) is 0 Å². The fourth-order valence-electron chi connectivity index (χ4n) is 3.07. The van der Waals surface area contributed by atoms with Gasteiger partial charge in [-0.2, -0.15) is 17.2 Å².